The number of carbonyl (C=O) groups excluding carboxylic acids is 1. The number of rotatable bonds is 3. The molecule has 1 N–H and O–H groups in total. The maximum absolute atomic E-state index is 14.4. The average Bonchev–Trinajstić information content (AvgIpc) is 3.40. The average molecular weight is 335 g/mol. The van der Waals surface area contributed by atoms with Crippen LogP contribution in [0.15, 0.2) is 36.5 Å². The topological polar surface area (TPSA) is 54.9 Å². The number of hydrogen-bond acceptors (Lipinski definition) is 3. The maximum Gasteiger partial charge on any atom is 0.221 e. The molecule has 25 heavy (non-hydrogen) atoms. The highest BCUT2D eigenvalue weighted by atomic mass is 19.1. The van der Waals surface area contributed by atoms with Crippen LogP contribution in [-0.2, 0) is 4.79 Å². The lowest BCUT2D eigenvalue weighted by molar-refractivity contribution is -0.114. The number of amides is 1. The minimum absolute atomic E-state index is 0.156. The van der Waals surface area contributed by atoms with Gasteiger partial charge in [-0.3, -0.25) is 9.78 Å². The van der Waals surface area contributed by atoms with Gasteiger partial charge in [-0.15, -0.1) is 0 Å². The second-order valence-electron chi connectivity index (χ2n) is 6.62. The molecule has 1 amide bonds. The Labute approximate surface area is 145 Å². The van der Waals surface area contributed by atoms with Crippen molar-refractivity contribution in [2.75, 3.05) is 5.32 Å². The first-order chi connectivity index (χ1) is 12.0. The van der Waals surface area contributed by atoms with Gasteiger partial charge in [0.25, 0.3) is 0 Å². The van der Waals surface area contributed by atoms with Crippen molar-refractivity contribution < 1.29 is 9.18 Å². The van der Waals surface area contributed by atoms with Crippen LogP contribution in [-0.4, -0.2) is 15.9 Å². The number of aryl methyl sites for hydroxylation is 1. The number of halogens is 1. The van der Waals surface area contributed by atoms with Gasteiger partial charge < -0.3 is 5.32 Å². The minimum atomic E-state index is -0.437. The molecule has 126 valence electrons. The molecule has 0 radical (unpaired) electrons. The zero-order chi connectivity index (χ0) is 17.6. The highest BCUT2D eigenvalue weighted by molar-refractivity contribution is 5.94. The standard InChI is InChI=1S/C20H18FN3O/c1-11-3-6-17(22-10-11)20-8-14(13-4-5-13)15-7-16(21)19(23-12(2)25)9-18(15)24-20/h3,6-10,13H,4-5H2,1-2H3,(H,23,25). The first-order valence-corrected chi connectivity index (χ1v) is 8.36. The van der Waals surface area contributed by atoms with Crippen molar-refractivity contribution in [3.05, 3.63) is 53.5 Å². The highest BCUT2D eigenvalue weighted by Crippen LogP contribution is 2.44. The number of pyridine rings is 2. The second kappa shape index (κ2) is 5.92. The zero-order valence-electron chi connectivity index (χ0n) is 14.1. The molecule has 2 heterocycles. The van der Waals surface area contributed by atoms with Crippen LogP contribution in [0.5, 0.6) is 0 Å². The molecule has 3 aromatic rings. The number of carbonyl (C=O) groups is 1. The molecule has 4 nitrogen and oxygen atoms in total. The van der Waals surface area contributed by atoms with Crippen molar-refractivity contribution >= 4 is 22.5 Å². The van der Waals surface area contributed by atoms with Crippen LogP contribution in [0.4, 0.5) is 10.1 Å². The molecule has 0 unspecified atom stereocenters. The van der Waals surface area contributed by atoms with Crippen LogP contribution in [0.25, 0.3) is 22.3 Å². The summed E-state index contributed by atoms with van der Waals surface area (Å²) in [4.78, 5) is 20.4. The van der Waals surface area contributed by atoms with Crippen LogP contribution in [0.3, 0.4) is 0 Å². The molecule has 1 aliphatic rings. The second-order valence-corrected chi connectivity index (χ2v) is 6.62. The van der Waals surface area contributed by atoms with Crippen molar-refractivity contribution in [2.24, 2.45) is 0 Å². The normalized spacial score (nSPS) is 13.9. The smallest absolute Gasteiger partial charge is 0.221 e. The lowest BCUT2D eigenvalue weighted by Crippen LogP contribution is -2.08. The maximum atomic E-state index is 14.4. The van der Waals surface area contributed by atoms with E-state index < -0.39 is 5.82 Å². The Bertz CT molecular complexity index is 978. The van der Waals surface area contributed by atoms with Gasteiger partial charge in [-0.05, 0) is 61.1 Å². The summed E-state index contributed by atoms with van der Waals surface area (Å²) in [5, 5.41) is 3.34. The fraction of sp³-hybridized carbons (Fsp3) is 0.250. The number of aromatic nitrogens is 2. The van der Waals surface area contributed by atoms with Gasteiger partial charge in [-0.1, -0.05) is 6.07 Å². The summed E-state index contributed by atoms with van der Waals surface area (Å²) >= 11 is 0. The number of anilines is 1. The van der Waals surface area contributed by atoms with E-state index >= 15 is 0 Å². The Morgan fingerprint density at radius 1 is 1.20 bits per heavy atom. The van der Waals surface area contributed by atoms with E-state index in [1.807, 2.05) is 31.3 Å². The fourth-order valence-corrected chi connectivity index (χ4v) is 3.04. The molecule has 4 rings (SSSR count). The summed E-state index contributed by atoms with van der Waals surface area (Å²) in [5.74, 6) is -0.301. The van der Waals surface area contributed by atoms with Crippen LogP contribution in [0, 0.1) is 12.7 Å². The van der Waals surface area contributed by atoms with Crippen LogP contribution < -0.4 is 5.32 Å². The molecule has 2 aromatic heterocycles. The van der Waals surface area contributed by atoms with Crippen LogP contribution >= 0.6 is 0 Å². The lowest BCUT2D eigenvalue weighted by Gasteiger charge is -2.12. The molecule has 0 bridgehead atoms. The van der Waals surface area contributed by atoms with Gasteiger partial charge in [-0.2, -0.15) is 0 Å². The summed E-state index contributed by atoms with van der Waals surface area (Å²) in [6.45, 7) is 3.35. The minimum Gasteiger partial charge on any atom is -0.324 e. The van der Waals surface area contributed by atoms with Crippen molar-refractivity contribution in [2.45, 2.75) is 32.6 Å². The summed E-state index contributed by atoms with van der Waals surface area (Å²) in [6.07, 6.45) is 4.02. The Kier molecular flexibility index (Phi) is 3.71. The van der Waals surface area contributed by atoms with Crippen molar-refractivity contribution in [1.82, 2.24) is 9.97 Å². The summed E-state index contributed by atoms with van der Waals surface area (Å²) in [5.41, 5.74) is 4.59. The first kappa shape index (κ1) is 15.7. The van der Waals surface area contributed by atoms with Gasteiger partial charge in [0.1, 0.15) is 5.82 Å². The molecule has 1 saturated carbocycles. The van der Waals surface area contributed by atoms with E-state index in [-0.39, 0.29) is 11.6 Å². The third-order valence-electron chi connectivity index (χ3n) is 4.43. The van der Waals surface area contributed by atoms with E-state index in [2.05, 4.69) is 15.3 Å². The Balaban J connectivity index is 1.91. The first-order valence-electron chi connectivity index (χ1n) is 8.36. The molecule has 0 aliphatic heterocycles. The summed E-state index contributed by atoms with van der Waals surface area (Å²) in [6, 6.07) is 9.05. The summed E-state index contributed by atoms with van der Waals surface area (Å²) in [7, 11) is 0. The van der Waals surface area contributed by atoms with E-state index in [4.69, 9.17) is 0 Å². The monoisotopic (exact) mass is 335 g/mol. The number of hydrogen-bond donors (Lipinski definition) is 1. The Morgan fingerprint density at radius 3 is 2.64 bits per heavy atom. The van der Waals surface area contributed by atoms with Crippen LogP contribution in [0.1, 0.15) is 36.8 Å². The van der Waals surface area contributed by atoms with Gasteiger partial charge in [0.15, 0.2) is 0 Å². The predicted molar refractivity (Wildman–Crippen MR) is 95.9 cm³/mol. The molecular formula is C20H18FN3O. The predicted octanol–water partition coefficient (Wildman–Crippen LogP) is 4.58. The van der Waals surface area contributed by atoms with Gasteiger partial charge >= 0.3 is 0 Å². The van der Waals surface area contributed by atoms with Gasteiger partial charge in [0.2, 0.25) is 5.91 Å². The van der Waals surface area contributed by atoms with E-state index in [0.29, 0.717) is 11.4 Å². The molecule has 1 fully saturated rings. The SMILES string of the molecule is CC(=O)Nc1cc2nc(-c3ccc(C)cn3)cc(C3CC3)c2cc1F. The number of fused-ring (bicyclic) bond motifs is 1. The van der Waals surface area contributed by atoms with Crippen molar-refractivity contribution in [1.29, 1.82) is 0 Å². The Hall–Kier alpha value is -2.82. The van der Waals surface area contributed by atoms with Crippen molar-refractivity contribution in [3.8, 4) is 11.4 Å². The van der Waals surface area contributed by atoms with Gasteiger partial charge in [0.05, 0.1) is 22.6 Å². The number of nitrogens with zero attached hydrogens (tertiary/aromatic N) is 2. The Morgan fingerprint density at radius 2 is 2.00 bits per heavy atom. The molecule has 0 saturated heterocycles. The fourth-order valence-electron chi connectivity index (χ4n) is 3.04. The number of benzene rings is 1. The van der Waals surface area contributed by atoms with E-state index in [9.17, 15) is 9.18 Å². The van der Waals surface area contributed by atoms with E-state index in [1.165, 1.54) is 13.0 Å². The third kappa shape index (κ3) is 3.09. The zero-order valence-corrected chi connectivity index (χ0v) is 14.1. The third-order valence-corrected chi connectivity index (χ3v) is 4.43. The van der Waals surface area contributed by atoms with Gasteiger partial charge in [0, 0.05) is 18.5 Å². The lowest BCUT2D eigenvalue weighted by atomic mass is 10.0. The molecule has 0 spiro atoms. The van der Waals surface area contributed by atoms with Crippen molar-refractivity contribution in [3.63, 3.8) is 0 Å². The molecule has 5 heteroatoms. The van der Waals surface area contributed by atoms with Crippen LogP contribution in [0.2, 0.25) is 0 Å². The highest BCUT2D eigenvalue weighted by Gasteiger charge is 2.27. The molecule has 1 aliphatic carbocycles. The van der Waals surface area contributed by atoms with E-state index in [0.717, 1.165) is 40.7 Å². The molecular weight excluding hydrogens is 317 g/mol. The van der Waals surface area contributed by atoms with Gasteiger partial charge in [-0.25, -0.2) is 9.37 Å². The summed E-state index contributed by atoms with van der Waals surface area (Å²) < 4.78 is 14.4. The quantitative estimate of drug-likeness (QED) is 0.762. The largest absolute Gasteiger partial charge is 0.324 e. The molecule has 0 atom stereocenters. The molecule has 1 aromatic carbocycles. The van der Waals surface area contributed by atoms with E-state index in [1.54, 1.807) is 6.07 Å². The number of nitrogens with one attached hydrogen (secondary N) is 1.